The molecule has 0 aromatic heterocycles. The van der Waals surface area contributed by atoms with Crippen molar-refractivity contribution in [2.75, 3.05) is 5.32 Å². The van der Waals surface area contributed by atoms with E-state index in [0.29, 0.717) is 11.7 Å². The summed E-state index contributed by atoms with van der Waals surface area (Å²) < 4.78 is 0. The number of aromatic hydroxyl groups is 1. The van der Waals surface area contributed by atoms with Crippen LogP contribution in [0.25, 0.3) is 5.57 Å². The van der Waals surface area contributed by atoms with Crippen LogP contribution >= 0.6 is 0 Å². The van der Waals surface area contributed by atoms with Gasteiger partial charge in [0.05, 0.1) is 0 Å². The van der Waals surface area contributed by atoms with Crippen molar-refractivity contribution in [1.29, 1.82) is 0 Å². The van der Waals surface area contributed by atoms with Crippen molar-refractivity contribution >= 4 is 17.2 Å². The zero-order valence-electron chi connectivity index (χ0n) is 27.9. The van der Waals surface area contributed by atoms with Crippen molar-refractivity contribution in [1.82, 2.24) is 0 Å². The molecule has 0 saturated heterocycles. The molecule has 0 heterocycles. The lowest BCUT2D eigenvalue weighted by Gasteiger charge is -2.14. The fraction of sp³-hybridized carbons (Fsp3) is 0.605. The summed E-state index contributed by atoms with van der Waals surface area (Å²) in [4.78, 5) is 11.9. The number of carbonyl (C=O) groups excluding carboxylic acids is 1. The fourth-order valence-electron chi connectivity index (χ4n) is 4.80. The Morgan fingerprint density at radius 1 is 0.976 bits per heavy atom. The van der Waals surface area contributed by atoms with Gasteiger partial charge in [-0.25, -0.2) is 0 Å². The SMILES string of the molecule is CC/C(=C/C(C)CC)c1cc(NC(=O)C2CC2)ccc1C.CCCCCC(C)CC.CCc1cccc(O)c1CC. The van der Waals surface area contributed by atoms with Crippen LogP contribution < -0.4 is 5.32 Å². The fourth-order valence-corrected chi connectivity index (χ4v) is 4.80. The number of amides is 1. The van der Waals surface area contributed by atoms with Crippen LogP contribution in [0.3, 0.4) is 0 Å². The lowest BCUT2D eigenvalue weighted by Crippen LogP contribution is -2.13. The maximum absolute atomic E-state index is 11.9. The molecule has 1 amide bonds. The Labute approximate surface area is 253 Å². The highest BCUT2D eigenvalue weighted by atomic mass is 16.3. The summed E-state index contributed by atoms with van der Waals surface area (Å²) in [7, 11) is 0. The number of carbonyl (C=O) groups is 1. The molecule has 1 aliphatic rings. The van der Waals surface area contributed by atoms with Crippen molar-refractivity contribution in [3.63, 3.8) is 0 Å². The minimum absolute atomic E-state index is 0.175. The van der Waals surface area contributed by atoms with Crippen LogP contribution in [-0.2, 0) is 17.6 Å². The molecule has 1 aliphatic carbocycles. The minimum atomic E-state index is 0.175. The summed E-state index contributed by atoms with van der Waals surface area (Å²) in [5.74, 6) is 2.40. The topological polar surface area (TPSA) is 49.3 Å². The van der Waals surface area contributed by atoms with Crippen molar-refractivity contribution in [3.05, 3.63) is 64.7 Å². The lowest BCUT2D eigenvalue weighted by atomic mass is 9.94. The molecular formula is C38H61NO2. The third kappa shape index (κ3) is 13.8. The molecule has 3 rings (SSSR count). The second-order valence-corrected chi connectivity index (χ2v) is 11.9. The average Bonchev–Trinajstić information content (AvgIpc) is 3.83. The minimum Gasteiger partial charge on any atom is -0.508 e. The zero-order chi connectivity index (χ0) is 30.8. The van der Waals surface area contributed by atoms with Crippen molar-refractivity contribution in [2.24, 2.45) is 17.8 Å². The molecule has 41 heavy (non-hydrogen) atoms. The molecule has 2 aromatic carbocycles. The highest BCUT2D eigenvalue weighted by Crippen LogP contribution is 2.32. The third-order valence-electron chi connectivity index (χ3n) is 8.29. The van der Waals surface area contributed by atoms with E-state index in [0.717, 1.165) is 55.7 Å². The van der Waals surface area contributed by atoms with Crippen molar-refractivity contribution in [2.45, 2.75) is 133 Å². The van der Waals surface area contributed by atoms with E-state index in [1.54, 1.807) is 6.07 Å². The number of benzene rings is 2. The van der Waals surface area contributed by atoms with Crippen molar-refractivity contribution in [3.8, 4) is 5.75 Å². The number of anilines is 1. The summed E-state index contributed by atoms with van der Waals surface area (Å²) in [5, 5.41) is 12.5. The quantitative estimate of drug-likeness (QED) is 0.238. The predicted octanol–water partition coefficient (Wildman–Crippen LogP) is 11.3. The summed E-state index contributed by atoms with van der Waals surface area (Å²) in [6, 6.07) is 12.0. The first-order chi connectivity index (χ1) is 19.6. The Morgan fingerprint density at radius 3 is 2.20 bits per heavy atom. The van der Waals surface area contributed by atoms with Gasteiger partial charge in [-0.05, 0) is 96.9 Å². The van der Waals surface area contributed by atoms with Gasteiger partial charge < -0.3 is 10.4 Å². The number of hydrogen-bond acceptors (Lipinski definition) is 2. The van der Waals surface area contributed by atoms with Gasteiger partial charge in [-0.2, -0.15) is 0 Å². The molecule has 1 fully saturated rings. The number of unbranched alkanes of at least 4 members (excludes halogenated alkanes) is 2. The highest BCUT2D eigenvalue weighted by molar-refractivity contribution is 5.94. The Balaban J connectivity index is 0.000000352. The van der Waals surface area contributed by atoms with E-state index >= 15 is 0 Å². The molecule has 0 spiro atoms. The molecule has 1 saturated carbocycles. The first-order valence-corrected chi connectivity index (χ1v) is 16.6. The van der Waals surface area contributed by atoms with E-state index in [1.165, 1.54) is 54.4 Å². The van der Waals surface area contributed by atoms with Crippen LogP contribution in [0.15, 0.2) is 42.5 Å². The van der Waals surface area contributed by atoms with E-state index in [-0.39, 0.29) is 11.8 Å². The van der Waals surface area contributed by atoms with Gasteiger partial charge in [0.25, 0.3) is 0 Å². The van der Waals surface area contributed by atoms with Gasteiger partial charge in [0.15, 0.2) is 0 Å². The van der Waals surface area contributed by atoms with Crippen LogP contribution in [0.5, 0.6) is 5.75 Å². The number of nitrogens with one attached hydrogen (secondary N) is 1. The number of phenols is 1. The molecular weight excluding hydrogens is 502 g/mol. The van der Waals surface area contributed by atoms with Gasteiger partial charge >= 0.3 is 0 Å². The zero-order valence-corrected chi connectivity index (χ0v) is 27.9. The molecule has 0 bridgehead atoms. The van der Waals surface area contributed by atoms with Gasteiger partial charge in [0, 0.05) is 11.6 Å². The second kappa shape index (κ2) is 20.3. The normalized spacial score (nSPS) is 14.2. The van der Waals surface area contributed by atoms with E-state index in [4.69, 9.17) is 0 Å². The van der Waals surface area contributed by atoms with Crippen LogP contribution in [-0.4, -0.2) is 11.0 Å². The smallest absolute Gasteiger partial charge is 0.227 e. The number of hydrogen-bond donors (Lipinski definition) is 2. The Bertz CT molecular complexity index is 1050. The monoisotopic (exact) mass is 563 g/mol. The summed E-state index contributed by atoms with van der Waals surface area (Å²) in [6.07, 6.45) is 15.5. The largest absolute Gasteiger partial charge is 0.508 e. The van der Waals surface area contributed by atoms with Gasteiger partial charge in [0.2, 0.25) is 5.91 Å². The van der Waals surface area contributed by atoms with E-state index in [2.05, 4.69) is 91.9 Å². The number of allylic oxidation sites excluding steroid dienone is 2. The second-order valence-electron chi connectivity index (χ2n) is 11.9. The molecule has 2 aromatic rings. The molecule has 0 aliphatic heterocycles. The van der Waals surface area contributed by atoms with Crippen LogP contribution in [0.4, 0.5) is 5.69 Å². The lowest BCUT2D eigenvalue weighted by molar-refractivity contribution is -0.117. The van der Waals surface area contributed by atoms with Crippen LogP contribution in [0.1, 0.15) is 135 Å². The number of aryl methyl sites for hydroxylation is 2. The Kier molecular flexibility index (Phi) is 18.1. The molecule has 230 valence electrons. The van der Waals surface area contributed by atoms with E-state index in [9.17, 15) is 9.90 Å². The van der Waals surface area contributed by atoms with Crippen molar-refractivity contribution < 1.29 is 9.90 Å². The maximum Gasteiger partial charge on any atom is 0.227 e. The summed E-state index contributed by atoms with van der Waals surface area (Å²) in [5.41, 5.74) is 7.20. The molecule has 0 radical (unpaired) electrons. The summed E-state index contributed by atoms with van der Waals surface area (Å²) >= 11 is 0. The van der Waals surface area contributed by atoms with Gasteiger partial charge in [-0.15, -0.1) is 0 Å². The van der Waals surface area contributed by atoms with E-state index < -0.39 is 0 Å². The van der Waals surface area contributed by atoms with Gasteiger partial charge in [0.1, 0.15) is 5.75 Å². The van der Waals surface area contributed by atoms with Gasteiger partial charge in [-0.3, -0.25) is 4.79 Å². The van der Waals surface area contributed by atoms with Crippen LogP contribution in [0, 0.1) is 24.7 Å². The average molecular weight is 564 g/mol. The molecule has 2 N–H and O–H groups in total. The summed E-state index contributed by atoms with van der Waals surface area (Å²) in [6.45, 7) is 19.9. The van der Waals surface area contributed by atoms with Gasteiger partial charge in [-0.1, -0.05) is 118 Å². The standard InChI is InChI=1S/C19H27NO.C10H14O.C9H20/c1-5-13(3)11-15(6-2)18-12-17(10-7-14(18)4)20-19(21)16-8-9-16;1-3-8-6-5-7-10(11)9(8)4-2;1-4-6-7-8-9(3)5-2/h7,10-13,16H,5-6,8-9H2,1-4H3,(H,20,21);5-7,11H,3-4H2,1-2H3;9H,4-8H2,1-3H3/b15-11-;;. The number of rotatable bonds is 13. The molecule has 3 nitrogen and oxygen atoms in total. The predicted molar refractivity (Wildman–Crippen MR) is 181 cm³/mol. The molecule has 2 unspecified atom stereocenters. The molecule has 2 atom stereocenters. The third-order valence-corrected chi connectivity index (χ3v) is 8.29. The van der Waals surface area contributed by atoms with E-state index in [1.807, 2.05) is 12.1 Å². The highest BCUT2D eigenvalue weighted by Gasteiger charge is 2.29. The first-order valence-electron chi connectivity index (χ1n) is 16.6. The van der Waals surface area contributed by atoms with Crippen LogP contribution in [0.2, 0.25) is 0 Å². The first kappa shape index (κ1) is 36.5. The Hall–Kier alpha value is -2.55. The Morgan fingerprint density at radius 2 is 1.68 bits per heavy atom. The molecule has 3 heteroatoms. The maximum atomic E-state index is 11.9. The number of phenolic OH excluding ortho intramolecular Hbond substituents is 1.